The Morgan fingerprint density at radius 2 is 2.11 bits per heavy atom. The van der Waals surface area contributed by atoms with E-state index in [-0.39, 0.29) is 19.4 Å². The lowest BCUT2D eigenvalue weighted by Gasteiger charge is -2.36. The van der Waals surface area contributed by atoms with Crippen molar-refractivity contribution >= 4 is 18.0 Å². The fourth-order valence-electron chi connectivity index (χ4n) is 1.46. The molecule has 0 aromatic heterocycles. The van der Waals surface area contributed by atoms with Gasteiger partial charge in [0.15, 0.2) is 6.79 Å². The van der Waals surface area contributed by atoms with Crippen LogP contribution < -0.4 is 0 Å². The number of hydrogen-bond donors (Lipinski definition) is 2. The molecule has 0 spiro atoms. The van der Waals surface area contributed by atoms with Crippen molar-refractivity contribution in [2.24, 2.45) is 0 Å². The van der Waals surface area contributed by atoms with E-state index in [1.165, 1.54) is 0 Å². The number of amides is 2. The molecular weight excluding hydrogens is 260 g/mol. The van der Waals surface area contributed by atoms with Crippen LogP contribution in [0.15, 0.2) is 0 Å². The van der Waals surface area contributed by atoms with Gasteiger partial charge in [0.2, 0.25) is 0 Å². The minimum Gasteiger partial charge on any atom is -0.437 e. The molecule has 1 rings (SSSR count). The minimum atomic E-state index is -1.17. The van der Waals surface area contributed by atoms with Crippen LogP contribution in [-0.4, -0.2) is 64.3 Å². The molecule has 1 aliphatic heterocycles. The first kappa shape index (κ1) is 15.2. The Hall–Kier alpha value is -1.87. The number of aliphatic hydroxyl groups is 2. The third-order valence-electron chi connectivity index (χ3n) is 2.43. The fourth-order valence-corrected chi connectivity index (χ4v) is 1.46. The third kappa shape index (κ3) is 4.07. The van der Waals surface area contributed by atoms with Crippen LogP contribution in [0, 0.1) is 0 Å². The summed E-state index contributed by atoms with van der Waals surface area (Å²) in [6.07, 6.45) is -0.955. The average Bonchev–Trinajstić information content (AvgIpc) is 2.38. The lowest BCUT2D eigenvalue weighted by atomic mass is 10.3. The summed E-state index contributed by atoms with van der Waals surface area (Å²) in [5, 5.41) is 18.8. The van der Waals surface area contributed by atoms with Crippen molar-refractivity contribution in [2.45, 2.75) is 26.0 Å². The normalized spacial score (nSPS) is 19.3. The highest BCUT2D eigenvalue weighted by molar-refractivity contribution is 5.82. The van der Waals surface area contributed by atoms with E-state index in [0.29, 0.717) is 0 Å². The zero-order valence-electron chi connectivity index (χ0n) is 10.4. The van der Waals surface area contributed by atoms with Crippen molar-refractivity contribution in [3.05, 3.63) is 0 Å². The van der Waals surface area contributed by atoms with Gasteiger partial charge in [-0.2, -0.15) is 5.06 Å². The minimum absolute atomic E-state index is 0.0390. The predicted octanol–water partition coefficient (Wildman–Crippen LogP) is -1.21. The Balaban J connectivity index is 2.65. The van der Waals surface area contributed by atoms with Gasteiger partial charge in [0, 0.05) is 12.8 Å². The maximum absolute atomic E-state index is 11.9. The van der Waals surface area contributed by atoms with Gasteiger partial charge in [0.05, 0.1) is 6.54 Å². The molecule has 0 aromatic rings. The second-order valence-electron chi connectivity index (χ2n) is 3.74. The van der Waals surface area contributed by atoms with Gasteiger partial charge < -0.3 is 19.8 Å². The van der Waals surface area contributed by atoms with Gasteiger partial charge in [-0.05, 0) is 0 Å². The second-order valence-corrected chi connectivity index (χ2v) is 3.74. The van der Waals surface area contributed by atoms with Gasteiger partial charge in [-0.25, -0.2) is 9.59 Å². The van der Waals surface area contributed by atoms with Crippen LogP contribution in [-0.2, 0) is 19.2 Å². The molecule has 108 valence electrons. The average molecular weight is 276 g/mol. The van der Waals surface area contributed by atoms with Crippen molar-refractivity contribution in [2.75, 3.05) is 19.9 Å². The van der Waals surface area contributed by atoms with Crippen molar-refractivity contribution in [1.29, 1.82) is 0 Å². The highest BCUT2D eigenvalue weighted by Gasteiger charge is 2.35. The highest BCUT2D eigenvalue weighted by atomic mass is 16.7. The van der Waals surface area contributed by atoms with Gasteiger partial charge in [0.1, 0.15) is 12.8 Å². The summed E-state index contributed by atoms with van der Waals surface area (Å²) in [5.41, 5.74) is 0. The number of aliphatic hydroxyl groups excluding tert-OH is 2. The van der Waals surface area contributed by atoms with Crippen molar-refractivity contribution in [3.63, 3.8) is 0 Å². The van der Waals surface area contributed by atoms with Crippen LogP contribution in [0.1, 0.15) is 19.8 Å². The van der Waals surface area contributed by atoms with Crippen molar-refractivity contribution < 1.29 is 34.2 Å². The summed E-state index contributed by atoms with van der Waals surface area (Å²) < 4.78 is 4.26. The summed E-state index contributed by atoms with van der Waals surface area (Å²) in [5.74, 6) is -1.47. The topological polar surface area (TPSA) is 117 Å². The number of carbonyl (C=O) groups is 3. The zero-order chi connectivity index (χ0) is 14.4. The predicted molar refractivity (Wildman–Crippen MR) is 59.0 cm³/mol. The molecule has 1 heterocycles. The van der Waals surface area contributed by atoms with Crippen LogP contribution in [0.3, 0.4) is 0 Å². The van der Waals surface area contributed by atoms with Crippen LogP contribution in [0.5, 0.6) is 0 Å². The molecule has 1 fully saturated rings. The van der Waals surface area contributed by atoms with E-state index in [2.05, 4.69) is 4.74 Å². The number of hydrogen-bond acceptors (Lipinski definition) is 7. The smallest absolute Gasteiger partial charge is 0.355 e. The van der Waals surface area contributed by atoms with Crippen LogP contribution in [0.2, 0.25) is 0 Å². The van der Waals surface area contributed by atoms with Gasteiger partial charge >= 0.3 is 18.0 Å². The molecule has 1 saturated heterocycles. The first-order valence-corrected chi connectivity index (χ1v) is 5.73. The summed E-state index contributed by atoms with van der Waals surface area (Å²) in [7, 11) is 0. The molecule has 0 radical (unpaired) electrons. The quantitative estimate of drug-likeness (QED) is 0.478. The molecule has 0 saturated carbocycles. The number of urea groups is 1. The first-order chi connectivity index (χ1) is 8.99. The van der Waals surface area contributed by atoms with E-state index in [1.807, 2.05) is 0 Å². The molecule has 2 amide bonds. The van der Waals surface area contributed by atoms with Crippen molar-refractivity contribution in [3.8, 4) is 0 Å². The second kappa shape index (κ2) is 6.90. The maximum Gasteiger partial charge on any atom is 0.355 e. The third-order valence-corrected chi connectivity index (χ3v) is 2.43. The number of hydroxylamine groups is 2. The Bertz CT molecular complexity index is 360. The Morgan fingerprint density at radius 3 is 2.68 bits per heavy atom. The fraction of sp³-hybridized carbons (Fsp3) is 0.700. The molecule has 9 heteroatoms. The van der Waals surface area contributed by atoms with Crippen LogP contribution in [0.4, 0.5) is 4.79 Å². The SMILES string of the molecule is CCC(=O)ON1CCC(O)N(CC(=O)OCO)C1=O. The lowest BCUT2D eigenvalue weighted by molar-refractivity contribution is -0.190. The molecule has 1 atom stereocenters. The molecule has 19 heavy (non-hydrogen) atoms. The van der Waals surface area contributed by atoms with Crippen LogP contribution in [0.25, 0.3) is 0 Å². The number of nitrogens with zero attached hydrogens (tertiary/aromatic N) is 2. The van der Waals surface area contributed by atoms with Crippen molar-refractivity contribution in [1.82, 2.24) is 9.96 Å². The molecule has 0 aliphatic carbocycles. The Labute approximate surface area is 109 Å². The van der Waals surface area contributed by atoms with Gasteiger partial charge in [0.25, 0.3) is 0 Å². The highest BCUT2D eigenvalue weighted by Crippen LogP contribution is 2.15. The molecular formula is C10H16N2O7. The van der Waals surface area contributed by atoms with E-state index in [4.69, 9.17) is 9.94 Å². The molecule has 1 aliphatic rings. The van der Waals surface area contributed by atoms with Gasteiger partial charge in [-0.15, -0.1) is 0 Å². The van der Waals surface area contributed by atoms with Gasteiger partial charge in [-0.3, -0.25) is 9.69 Å². The number of esters is 1. The van der Waals surface area contributed by atoms with E-state index in [0.717, 1.165) is 9.96 Å². The van der Waals surface area contributed by atoms with Crippen LogP contribution >= 0.6 is 0 Å². The Morgan fingerprint density at radius 1 is 1.42 bits per heavy atom. The lowest BCUT2D eigenvalue weighted by Crippen LogP contribution is -2.56. The summed E-state index contributed by atoms with van der Waals surface area (Å²) in [4.78, 5) is 39.7. The molecule has 9 nitrogen and oxygen atoms in total. The summed E-state index contributed by atoms with van der Waals surface area (Å²) in [6, 6.07) is -0.810. The molecule has 0 aromatic carbocycles. The molecule has 1 unspecified atom stereocenters. The van der Waals surface area contributed by atoms with E-state index in [1.54, 1.807) is 6.92 Å². The van der Waals surface area contributed by atoms with E-state index in [9.17, 15) is 19.5 Å². The summed E-state index contributed by atoms with van der Waals surface area (Å²) in [6.45, 7) is 0.255. The number of carbonyl (C=O) groups excluding carboxylic acids is 3. The summed E-state index contributed by atoms with van der Waals surface area (Å²) >= 11 is 0. The first-order valence-electron chi connectivity index (χ1n) is 5.73. The van der Waals surface area contributed by atoms with E-state index >= 15 is 0 Å². The Kier molecular flexibility index (Phi) is 5.52. The van der Waals surface area contributed by atoms with Gasteiger partial charge in [-0.1, -0.05) is 6.92 Å². The number of rotatable bonds is 5. The standard InChI is InChI=1S/C10H16N2O7/c1-2-8(15)19-12-4-3-7(14)11(10(12)17)5-9(16)18-6-13/h7,13-14H,2-6H2,1H3. The molecule has 2 N–H and O–H groups in total. The molecule has 0 bridgehead atoms. The maximum atomic E-state index is 11.9. The van der Waals surface area contributed by atoms with E-state index < -0.39 is 37.5 Å². The largest absolute Gasteiger partial charge is 0.437 e. The number of ether oxygens (including phenoxy) is 1. The monoisotopic (exact) mass is 276 g/mol. The zero-order valence-corrected chi connectivity index (χ0v) is 10.4.